The molecule has 0 N–H and O–H groups in total. The highest BCUT2D eigenvalue weighted by Gasteiger charge is 2.44. The molecule has 29 heavy (non-hydrogen) atoms. The van der Waals surface area contributed by atoms with E-state index in [1.54, 1.807) is 23.2 Å². The van der Waals surface area contributed by atoms with Crippen LogP contribution in [-0.2, 0) is 4.79 Å². The van der Waals surface area contributed by atoms with Crippen LogP contribution in [0.2, 0.25) is 0 Å². The van der Waals surface area contributed by atoms with E-state index in [0.29, 0.717) is 0 Å². The Morgan fingerprint density at radius 1 is 1.14 bits per heavy atom. The first-order valence-electron chi connectivity index (χ1n) is 9.63. The average molecular weight is 409 g/mol. The number of nitrogens with zero attached hydrogens (tertiary/aromatic N) is 4. The average Bonchev–Trinajstić information content (AvgIpc) is 3.23. The van der Waals surface area contributed by atoms with Crippen LogP contribution >= 0.6 is 11.3 Å². The fourth-order valence-corrected chi connectivity index (χ4v) is 4.58. The molecule has 1 aliphatic rings. The van der Waals surface area contributed by atoms with Gasteiger partial charge < -0.3 is 0 Å². The molecule has 0 saturated carbocycles. The van der Waals surface area contributed by atoms with Crippen molar-refractivity contribution in [3.63, 3.8) is 0 Å². The van der Waals surface area contributed by atoms with Crippen LogP contribution in [0.5, 0.6) is 0 Å². The summed E-state index contributed by atoms with van der Waals surface area (Å²) in [5.41, 5.74) is 2.83. The van der Waals surface area contributed by atoms with Crippen molar-refractivity contribution in [3.05, 3.63) is 59.1 Å². The third kappa shape index (κ3) is 3.52. The number of anilines is 1. The summed E-state index contributed by atoms with van der Waals surface area (Å²) < 4.78 is 1.13. The predicted molar refractivity (Wildman–Crippen MR) is 116 cm³/mol. The van der Waals surface area contributed by atoms with Crippen LogP contribution in [0.15, 0.2) is 48.5 Å². The quantitative estimate of drug-likeness (QED) is 0.587. The molecule has 2 aromatic carbocycles. The lowest BCUT2D eigenvalue weighted by molar-refractivity contribution is -0.128. The first-order chi connectivity index (χ1) is 13.9. The third-order valence-electron chi connectivity index (χ3n) is 5.45. The monoisotopic (exact) mass is 408 g/mol. The van der Waals surface area contributed by atoms with Crippen molar-refractivity contribution in [2.45, 2.75) is 32.9 Å². The van der Waals surface area contributed by atoms with Gasteiger partial charge in [-0.3, -0.25) is 14.6 Å². The summed E-state index contributed by atoms with van der Waals surface area (Å²) in [6, 6.07) is 14.9. The number of amides is 3. The van der Waals surface area contributed by atoms with Crippen LogP contribution in [0, 0.1) is 6.92 Å². The number of carbonyl (C=O) groups excluding carboxylic acids is 2. The molecule has 4 rings (SSSR count). The molecule has 1 fully saturated rings. The normalized spacial score (nSPS) is 18.3. The van der Waals surface area contributed by atoms with Crippen LogP contribution in [-0.4, -0.2) is 46.5 Å². The number of imide groups is 1. The Labute approximate surface area is 174 Å². The van der Waals surface area contributed by atoms with Crippen molar-refractivity contribution in [2.75, 3.05) is 18.6 Å². The first kappa shape index (κ1) is 19.5. The summed E-state index contributed by atoms with van der Waals surface area (Å²) in [5, 5.41) is 0.969. The number of hydrogen-bond acceptors (Lipinski definition) is 5. The summed E-state index contributed by atoms with van der Waals surface area (Å²) in [5.74, 6) is -0.182. The molecule has 0 spiro atoms. The van der Waals surface area contributed by atoms with Crippen LogP contribution in [0.25, 0.3) is 10.2 Å². The minimum atomic E-state index is -0.517. The molecule has 7 heteroatoms. The molecule has 1 aromatic heterocycles. The third-order valence-corrected chi connectivity index (χ3v) is 6.66. The van der Waals surface area contributed by atoms with Crippen molar-refractivity contribution in [1.82, 2.24) is 14.8 Å². The van der Waals surface area contributed by atoms with Crippen molar-refractivity contribution >= 4 is 39.2 Å². The van der Waals surface area contributed by atoms with E-state index in [1.807, 2.05) is 68.3 Å². The van der Waals surface area contributed by atoms with Crippen molar-refractivity contribution in [3.8, 4) is 0 Å². The SMILES string of the molecule is Cc1ccc(N2C(=O)N(CN(C)[C@@H](C)c3nc4ccccc4s3)C(=O)[C@H]2C)cc1. The van der Waals surface area contributed by atoms with Gasteiger partial charge in [0.25, 0.3) is 5.91 Å². The van der Waals surface area contributed by atoms with Crippen LogP contribution in [0.1, 0.15) is 30.5 Å². The second-order valence-corrected chi connectivity index (χ2v) is 8.59. The van der Waals surface area contributed by atoms with Gasteiger partial charge in [-0.1, -0.05) is 29.8 Å². The Kier molecular flexibility index (Phi) is 5.10. The number of urea groups is 1. The molecule has 3 aromatic rings. The second kappa shape index (κ2) is 7.57. The standard InChI is InChI=1S/C22H24N4O2S/c1-14-9-11-17(12-10-14)26-16(3)21(27)25(22(26)28)13-24(4)15(2)20-23-18-7-5-6-8-19(18)29-20/h5-12,15-16H,13H2,1-4H3/t15-,16+/m0/s1. The van der Waals surface area contributed by atoms with Crippen LogP contribution < -0.4 is 4.90 Å². The van der Waals surface area contributed by atoms with Crippen LogP contribution in [0.3, 0.4) is 0 Å². The second-order valence-electron chi connectivity index (χ2n) is 7.52. The molecule has 3 amide bonds. The smallest absolute Gasteiger partial charge is 0.282 e. The van der Waals surface area contributed by atoms with Gasteiger partial charge in [-0.25, -0.2) is 14.7 Å². The van der Waals surface area contributed by atoms with Crippen molar-refractivity contribution in [1.29, 1.82) is 0 Å². The summed E-state index contributed by atoms with van der Waals surface area (Å²) >= 11 is 1.64. The lowest BCUT2D eigenvalue weighted by Gasteiger charge is -2.27. The molecule has 150 valence electrons. The number of para-hydroxylation sites is 1. The molecule has 0 aliphatic carbocycles. The van der Waals surface area contributed by atoms with E-state index in [0.717, 1.165) is 26.5 Å². The molecule has 0 bridgehead atoms. The summed E-state index contributed by atoms with van der Waals surface area (Å²) in [6.07, 6.45) is 0. The zero-order valence-corrected chi connectivity index (χ0v) is 17.8. The zero-order valence-electron chi connectivity index (χ0n) is 17.0. The molecule has 1 saturated heterocycles. The van der Waals surface area contributed by atoms with E-state index in [2.05, 4.69) is 6.07 Å². The van der Waals surface area contributed by atoms with E-state index < -0.39 is 6.04 Å². The zero-order chi connectivity index (χ0) is 20.7. The number of thiazole rings is 1. The highest BCUT2D eigenvalue weighted by atomic mass is 32.1. The molecule has 0 radical (unpaired) electrons. The molecule has 2 atom stereocenters. The number of benzene rings is 2. The lowest BCUT2D eigenvalue weighted by Crippen LogP contribution is -2.41. The van der Waals surface area contributed by atoms with Gasteiger partial charge in [0.2, 0.25) is 0 Å². The topological polar surface area (TPSA) is 56.8 Å². The molecule has 6 nitrogen and oxygen atoms in total. The molecule has 2 heterocycles. The molecular formula is C22H24N4O2S. The number of rotatable bonds is 5. The number of aromatic nitrogens is 1. The lowest BCUT2D eigenvalue weighted by atomic mass is 10.2. The first-order valence-corrected chi connectivity index (χ1v) is 10.5. The summed E-state index contributed by atoms with van der Waals surface area (Å²) in [6.45, 7) is 6.04. The Balaban J connectivity index is 1.52. The molecular weight excluding hydrogens is 384 g/mol. The number of aryl methyl sites for hydroxylation is 1. The van der Waals surface area contributed by atoms with Crippen molar-refractivity contribution in [2.24, 2.45) is 0 Å². The van der Waals surface area contributed by atoms with E-state index >= 15 is 0 Å². The molecule has 1 aliphatic heterocycles. The van der Waals surface area contributed by atoms with Gasteiger partial charge in [0.15, 0.2) is 0 Å². The van der Waals surface area contributed by atoms with Gasteiger partial charge in [0, 0.05) is 5.69 Å². The van der Waals surface area contributed by atoms with Gasteiger partial charge in [0.1, 0.15) is 11.0 Å². The Bertz CT molecular complexity index is 1030. The Hall–Kier alpha value is -2.77. The number of carbonyl (C=O) groups is 2. The minimum absolute atomic E-state index is 0.0169. The van der Waals surface area contributed by atoms with Gasteiger partial charge in [0.05, 0.1) is 22.9 Å². The van der Waals surface area contributed by atoms with Gasteiger partial charge in [-0.15, -0.1) is 11.3 Å². The maximum absolute atomic E-state index is 13.0. The van der Waals surface area contributed by atoms with E-state index in [1.165, 1.54) is 4.90 Å². The number of hydrogen-bond donors (Lipinski definition) is 0. The van der Waals surface area contributed by atoms with E-state index in [4.69, 9.17) is 4.98 Å². The Morgan fingerprint density at radius 3 is 2.52 bits per heavy atom. The number of fused-ring (bicyclic) bond motifs is 1. The van der Waals surface area contributed by atoms with Gasteiger partial charge in [-0.05, 0) is 52.1 Å². The maximum atomic E-state index is 13.0. The van der Waals surface area contributed by atoms with E-state index in [-0.39, 0.29) is 24.6 Å². The largest absolute Gasteiger partial charge is 0.333 e. The van der Waals surface area contributed by atoms with Crippen LogP contribution in [0.4, 0.5) is 10.5 Å². The predicted octanol–water partition coefficient (Wildman–Crippen LogP) is 4.41. The van der Waals surface area contributed by atoms with E-state index in [9.17, 15) is 9.59 Å². The fraction of sp³-hybridized carbons (Fsp3) is 0.318. The fourth-order valence-electron chi connectivity index (χ4n) is 3.50. The minimum Gasteiger partial charge on any atom is -0.282 e. The highest BCUT2D eigenvalue weighted by molar-refractivity contribution is 7.18. The highest BCUT2D eigenvalue weighted by Crippen LogP contribution is 2.30. The van der Waals surface area contributed by atoms with Gasteiger partial charge in [-0.2, -0.15) is 0 Å². The summed E-state index contributed by atoms with van der Waals surface area (Å²) in [4.78, 5) is 35.5. The summed E-state index contributed by atoms with van der Waals surface area (Å²) in [7, 11) is 1.91. The van der Waals surface area contributed by atoms with Crippen molar-refractivity contribution < 1.29 is 9.59 Å². The van der Waals surface area contributed by atoms with Gasteiger partial charge >= 0.3 is 6.03 Å². The Morgan fingerprint density at radius 2 is 1.83 bits per heavy atom. The maximum Gasteiger partial charge on any atom is 0.333 e. The molecule has 0 unspecified atom stereocenters.